The van der Waals surface area contributed by atoms with Crippen LogP contribution in [0.5, 0.6) is 0 Å². The van der Waals surface area contributed by atoms with Crippen LogP contribution in [0.1, 0.15) is 19.4 Å². The first-order chi connectivity index (χ1) is 8.71. The Kier molecular flexibility index (Phi) is 4.19. The molecule has 1 N–H and O–H groups in total. The summed E-state index contributed by atoms with van der Waals surface area (Å²) in [7, 11) is 5.32. The molecule has 1 amide bonds. The number of carboxylic acid groups (broad SMARTS) is 1. The normalized spacial score (nSPS) is 13.5. The predicted molar refractivity (Wildman–Crippen MR) is 74.2 cm³/mol. The van der Waals surface area contributed by atoms with Gasteiger partial charge in [-0.25, -0.2) is 4.79 Å². The van der Waals surface area contributed by atoms with Crippen LogP contribution in [0, 0.1) is 0 Å². The molecule has 0 aliphatic heterocycles. The summed E-state index contributed by atoms with van der Waals surface area (Å²) in [5, 5.41) is 9.48. The fourth-order valence-corrected chi connectivity index (χ4v) is 1.86. The third-order valence-electron chi connectivity index (χ3n) is 3.51. The van der Waals surface area contributed by atoms with E-state index >= 15 is 0 Å². The zero-order chi connectivity index (χ0) is 14.8. The largest absolute Gasteiger partial charge is 0.479 e. The highest BCUT2D eigenvalue weighted by atomic mass is 16.4. The number of benzene rings is 1. The Morgan fingerprint density at radius 2 is 1.58 bits per heavy atom. The molecule has 1 aromatic rings. The second-order valence-corrected chi connectivity index (χ2v) is 4.90. The molecule has 0 saturated carbocycles. The third kappa shape index (κ3) is 2.70. The molecule has 5 nitrogen and oxygen atoms in total. The second-order valence-electron chi connectivity index (χ2n) is 4.90. The van der Waals surface area contributed by atoms with Crippen LogP contribution in [0.2, 0.25) is 0 Å². The van der Waals surface area contributed by atoms with Crippen LogP contribution in [0.3, 0.4) is 0 Å². The van der Waals surface area contributed by atoms with Crippen molar-refractivity contribution >= 4 is 17.6 Å². The minimum atomic E-state index is -1.36. The van der Waals surface area contributed by atoms with Crippen molar-refractivity contribution in [2.45, 2.75) is 19.4 Å². The lowest BCUT2D eigenvalue weighted by Gasteiger charge is -2.35. The molecule has 104 valence electrons. The van der Waals surface area contributed by atoms with Crippen molar-refractivity contribution in [2.24, 2.45) is 0 Å². The van der Waals surface area contributed by atoms with Gasteiger partial charge in [0.15, 0.2) is 5.54 Å². The SMILES string of the molecule is CC(=O)N(C)C(C)(C(=O)O)c1ccc(N(C)C)cc1. The fraction of sp³-hybridized carbons (Fsp3) is 0.429. The van der Waals surface area contributed by atoms with E-state index in [9.17, 15) is 14.7 Å². The summed E-state index contributed by atoms with van der Waals surface area (Å²) in [6, 6.07) is 7.15. The van der Waals surface area contributed by atoms with Gasteiger partial charge in [0.1, 0.15) is 0 Å². The molecule has 0 aliphatic rings. The van der Waals surface area contributed by atoms with Crippen molar-refractivity contribution in [1.82, 2.24) is 4.90 Å². The Labute approximate surface area is 113 Å². The highest BCUT2D eigenvalue weighted by Crippen LogP contribution is 2.29. The smallest absolute Gasteiger partial charge is 0.334 e. The van der Waals surface area contributed by atoms with Gasteiger partial charge in [-0.1, -0.05) is 12.1 Å². The zero-order valence-corrected chi connectivity index (χ0v) is 12.0. The third-order valence-corrected chi connectivity index (χ3v) is 3.51. The molecule has 0 radical (unpaired) electrons. The van der Waals surface area contributed by atoms with Gasteiger partial charge in [0.05, 0.1) is 0 Å². The molecular formula is C14H20N2O3. The number of carboxylic acids is 1. The van der Waals surface area contributed by atoms with E-state index in [4.69, 9.17) is 0 Å². The molecule has 0 saturated heterocycles. The Morgan fingerprint density at radius 3 is 1.89 bits per heavy atom. The topological polar surface area (TPSA) is 60.9 Å². The number of anilines is 1. The molecule has 1 rings (SSSR count). The molecule has 0 bridgehead atoms. The summed E-state index contributed by atoms with van der Waals surface area (Å²) >= 11 is 0. The minimum absolute atomic E-state index is 0.290. The van der Waals surface area contributed by atoms with Gasteiger partial charge in [0.2, 0.25) is 5.91 Å². The number of carbonyl (C=O) groups is 2. The number of hydrogen-bond acceptors (Lipinski definition) is 3. The molecule has 1 aromatic carbocycles. The summed E-state index contributed by atoms with van der Waals surface area (Å²) in [5.41, 5.74) is 0.182. The lowest BCUT2D eigenvalue weighted by molar-refractivity contribution is -0.156. The zero-order valence-electron chi connectivity index (χ0n) is 12.0. The summed E-state index contributed by atoms with van der Waals surface area (Å²) in [6.45, 7) is 2.89. The molecule has 0 spiro atoms. The van der Waals surface area contributed by atoms with E-state index in [1.54, 1.807) is 12.1 Å². The van der Waals surface area contributed by atoms with Crippen molar-refractivity contribution in [2.75, 3.05) is 26.0 Å². The van der Waals surface area contributed by atoms with Crippen LogP contribution in [-0.2, 0) is 15.1 Å². The van der Waals surface area contributed by atoms with Gasteiger partial charge in [-0.15, -0.1) is 0 Å². The first-order valence-corrected chi connectivity index (χ1v) is 5.97. The predicted octanol–water partition coefficient (Wildman–Crippen LogP) is 1.53. The van der Waals surface area contributed by atoms with E-state index in [0.29, 0.717) is 5.56 Å². The van der Waals surface area contributed by atoms with E-state index in [0.717, 1.165) is 5.69 Å². The van der Waals surface area contributed by atoms with Gasteiger partial charge in [0, 0.05) is 33.8 Å². The van der Waals surface area contributed by atoms with Crippen molar-refractivity contribution in [3.8, 4) is 0 Å². The number of nitrogens with zero attached hydrogens (tertiary/aromatic N) is 2. The molecule has 5 heteroatoms. The molecular weight excluding hydrogens is 244 g/mol. The number of aliphatic carboxylic acids is 1. The first kappa shape index (κ1) is 15.0. The van der Waals surface area contributed by atoms with Gasteiger partial charge in [0.25, 0.3) is 0 Å². The van der Waals surface area contributed by atoms with Crippen molar-refractivity contribution < 1.29 is 14.7 Å². The van der Waals surface area contributed by atoms with Gasteiger partial charge in [-0.2, -0.15) is 0 Å². The maximum Gasteiger partial charge on any atom is 0.334 e. The number of likely N-dealkylation sites (N-methyl/N-ethyl adjacent to an activating group) is 1. The van der Waals surface area contributed by atoms with Crippen molar-refractivity contribution in [1.29, 1.82) is 0 Å². The van der Waals surface area contributed by atoms with Gasteiger partial charge in [-0.3, -0.25) is 4.79 Å². The van der Waals surface area contributed by atoms with Crippen LogP contribution >= 0.6 is 0 Å². The van der Waals surface area contributed by atoms with Crippen molar-refractivity contribution in [3.05, 3.63) is 29.8 Å². The number of hydrogen-bond donors (Lipinski definition) is 1. The summed E-state index contributed by atoms with van der Waals surface area (Å²) in [5.74, 6) is -1.34. The highest BCUT2D eigenvalue weighted by Gasteiger charge is 2.40. The van der Waals surface area contributed by atoms with Gasteiger partial charge < -0.3 is 14.9 Å². The minimum Gasteiger partial charge on any atom is -0.479 e. The summed E-state index contributed by atoms with van der Waals surface area (Å²) in [4.78, 5) is 26.2. The van der Waals surface area contributed by atoms with Crippen LogP contribution in [0.25, 0.3) is 0 Å². The molecule has 0 aliphatic carbocycles. The van der Waals surface area contributed by atoms with Crippen LogP contribution in [0.4, 0.5) is 5.69 Å². The molecule has 0 aromatic heterocycles. The van der Waals surface area contributed by atoms with E-state index in [-0.39, 0.29) is 5.91 Å². The van der Waals surface area contributed by atoms with Crippen LogP contribution in [-0.4, -0.2) is 43.0 Å². The summed E-state index contributed by atoms with van der Waals surface area (Å²) in [6.07, 6.45) is 0. The van der Waals surface area contributed by atoms with E-state index < -0.39 is 11.5 Å². The molecule has 19 heavy (non-hydrogen) atoms. The van der Waals surface area contributed by atoms with E-state index in [2.05, 4.69) is 0 Å². The number of rotatable bonds is 4. The molecule has 1 unspecified atom stereocenters. The quantitative estimate of drug-likeness (QED) is 0.896. The lowest BCUT2D eigenvalue weighted by Crippen LogP contribution is -2.49. The fourth-order valence-electron chi connectivity index (χ4n) is 1.86. The Bertz CT molecular complexity index is 482. The van der Waals surface area contributed by atoms with Gasteiger partial charge in [-0.05, 0) is 24.6 Å². The maximum atomic E-state index is 11.6. The summed E-state index contributed by atoms with van der Waals surface area (Å²) < 4.78 is 0. The van der Waals surface area contributed by atoms with E-state index in [1.165, 1.54) is 25.8 Å². The Hall–Kier alpha value is -2.04. The van der Waals surface area contributed by atoms with Crippen molar-refractivity contribution in [3.63, 3.8) is 0 Å². The molecule has 1 atom stereocenters. The average Bonchev–Trinajstić information content (AvgIpc) is 2.36. The molecule has 0 fully saturated rings. The standard InChI is InChI=1S/C14H20N2O3/c1-10(17)16(5)14(2,13(18)19)11-6-8-12(9-7-11)15(3)4/h6-9H,1-5H3,(H,18,19). The van der Waals surface area contributed by atoms with E-state index in [1.807, 2.05) is 31.1 Å². The van der Waals surface area contributed by atoms with Gasteiger partial charge >= 0.3 is 5.97 Å². The Balaban J connectivity index is 3.27. The average molecular weight is 264 g/mol. The highest BCUT2D eigenvalue weighted by molar-refractivity contribution is 5.86. The number of carbonyl (C=O) groups excluding carboxylic acids is 1. The second kappa shape index (κ2) is 5.30. The Morgan fingerprint density at radius 1 is 1.11 bits per heavy atom. The van der Waals surface area contributed by atoms with Crippen LogP contribution < -0.4 is 4.90 Å². The monoisotopic (exact) mass is 264 g/mol. The lowest BCUT2D eigenvalue weighted by atomic mass is 9.90. The van der Waals surface area contributed by atoms with Crippen LogP contribution in [0.15, 0.2) is 24.3 Å². The first-order valence-electron chi connectivity index (χ1n) is 5.97. The molecule has 0 heterocycles. The maximum absolute atomic E-state index is 11.6. The number of amides is 1.